The second kappa shape index (κ2) is 7.98. The smallest absolute Gasteiger partial charge is 0.253 e. The van der Waals surface area contributed by atoms with Crippen LogP contribution in [0.1, 0.15) is 18.4 Å². The minimum Gasteiger partial charge on any atom is -0.494 e. The first-order chi connectivity index (χ1) is 12.1. The lowest BCUT2D eigenvalue weighted by Gasteiger charge is -2.23. The molecule has 1 heterocycles. The summed E-state index contributed by atoms with van der Waals surface area (Å²) >= 11 is 0. The van der Waals surface area contributed by atoms with Gasteiger partial charge in [-0.15, -0.1) is 0 Å². The Balaban J connectivity index is 1.41. The average molecular weight is 341 g/mol. The molecule has 2 aromatic carbocycles. The Labute approximate surface area is 146 Å². The van der Waals surface area contributed by atoms with Crippen LogP contribution < -0.4 is 26.6 Å². The van der Waals surface area contributed by atoms with Gasteiger partial charge in [0.05, 0.1) is 6.61 Å². The molecule has 1 aliphatic heterocycles. The van der Waals surface area contributed by atoms with Gasteiger partial charge in [-0.25, -0.2) is 0 Å². The van der Waals surface area contributed by atoms with Crippen LogP contribution in [0.2, 0.25) is 0 Å². The maximum atomic E-state index is 11.3. The summed E-state index contributed by atoms with van der Waals surface area (Å²) in [5.41, 5.74) is 5.85. The van der Waals surface area contributed by atoms with Crippen LogP contribution in [0.4, 0.5) is 11.4 Å². The molecular weight excluding hydrogens is 318 g/mol. The van der Waals surface area contributed by atoms with Crippen molar-refractivity contribution in [3.63, 3.8) is 0 Å². The van der Waals surface area contributed by atoms with Crippen LogP contribution in [-0.4, -0.2) is 31.1 Å². The van der Waals surface area contributed by atoms with Gasteiger partial charge in [0.15, 0.2) is 0 Å². The molecule has 0 atom stereocenters. The molecule has 0 bridgehead atoms. The van der Waals surface area contributed by atoms with Gasteiger partial charge in [0, 0.05) is 26.2 Å². The van der Waals surface area contributed by atoms with Gasteiger partial charge < -0.3 is 15.8 Å². The molecule has 6 nitrogen and oxygen atoms in total. The first-order valence-corrected chi connectivity index (χ1v) is 8.57. The zero-order chi connectivity index (χ0) is 17.6. The quantitative estimate of drug-likeness (QED) is 0.430. The van der Waals surface area contributed by atoms with Crippen molar-refractivity contribution in [3.8, 4) is 5.75 Å². The van der Waals surface area contributed by atoms with E-state index in [1.807, 2.05) is 12.1 Å². The molecule has 0 amide bonds. The highest BCUT2D eigenvalue weighted by Crippen LogP contribution is 2.16. The summed E-state index contributed by atoms with van der Waals surface area (Å²) in [6.45, 7) is 4.07. The summed E-state index contributed by atoms with van der Waals surface area (Å²) in [4.78, 5) is 24.7. The van der Waals surface area contributed by atoms with E-state index in [0.29, 0.717) is 19.6 Å². The lowest BCUT2D eigenvalue weighted by molar-refractivity contribution is 0.288. The van der Waals surface area contributed by atoms with E-state index < -0.39 is 10.9 Å². The second-order valence-electron chi connectivity index (χ2n) is 6.22. The average Bonchev–Trinajstić information content (AvgIpc) is 2.65. The number of nitrogens with one attached hydrogen (secondary N) is 1. The maximum absolute atomic E-state index is 11.3. The van der Waals surface area contributed by atoms with Crippen LogP contribution in [0.15, 0.2) is 46.0 Å². The molecule has 6 heteroatoms. The van der Waals surface area contributed by atoms with Gasteiger partial charge in [-0.05, 0) is 30.5 Å². The van der Waals surface area contributed by atoms with Crippen molar-refractivity contribution in [2.24, 2.45) is 0 Å². The third-order valence-corrected chi connectivity index (χ3v) is 4.29. The van der Waals surface area contributed by atoms with E-state index in [1.165, 1.54) is 5.56 Å². The standard InChI is InChI=1S/C19H23N3O3/c20-16-17(19(24)18(16)23)21-8-5-11-25-15-7-4-6-14(12-15)13-22-9-2-1-3-10-22/h1-2,4,6-7,12,21H,3,5,8-11,13,20H2. The van der Waals surface area contributed by atoms with Gasteiger partial charge in [-0.2, -0.15) is 0 Å². The number of hydrogen-bond donors (Lipinski definition) is 2. The van der Waals surface area contributed by atoms with Gasteiger partial charge in [0.2, 0.25) is 0 Å². The Hall–Kier alpha value is -2.60. The van der Waals surface area contributed by atoms with Gasteiger partial charge >= 0.3 is 0 Å². The third-order valence-electron chi connectivity index (χ3n) is 4.29. The van der Waals surface area contributed by atoms with Crippen LogP contribution in [0, 0.1) is 0 Å². The molecule has 3 N–H and O–H groups in total. The lowest BCUT2D eigenvalue weighted by Crippen LogP contribution is -2.37. The van der Waals surface area contributed by atoms with E-state index in [9.17, 15) is 9.59 Å². The predicted octanol–water partition coefficient (Wildman–Crippen LogP) is 1.51. The molecule has 1 aliphatic rings. The van der Waals surface area contributed by atoms with E-state index in [1.54, 1.807) is 0 Å². The zero-order valence-electron chi connectivity index (χ0n) is 14.2. The number of nitrogen functional groups attached to an aromatic ring is 1. The van der Waals surface area contributed by atoms with Crippen LogP contribution in [0.25, 0.3) is 0 Å². The molecule has 0 spiro atoms. The minimum absolute atomic E-state index is 0.0335. The zero-order valence-corrected chi connectivity index (χ0v) is 14.2. The Morgan fingerprint density at radius 2 is 2.08 bits per heavy atom. The number of nitrogens with zero attached hydrogens (tertiary/aromatic N) is 1. The van der Waals surface area contributed by atoms with E-state index in [0.717, 1.165) is 31.8 Å². The van der Waals surface area contributed by atoms with Crippen LogP contribution in [-0.2, 0) is 6.54 Å². The lowest BCUT2D eigenvalue weighted by atomic mass is 10.1. The van der Waals surface area contributed by atoms with E-state index in [2.05, 4.69) is 34.5 Å². The number of ether oxygens (including phenoxy) is 1. The third kappa shape index (κ3) is 4.28. The Morgan fingerprint density at radius 3 is 2.84 bits per heavy atom. The van der Waals surface area contributed by atoms with Crippen LogP contribution >= 0.6 is 0 Å². The second-order valence-corrected chi connectivity index (χ2v) is 6.22. The number of anilines is 2. The van der Waals surface area contributed by atoms with E-state index in [4.69, 9.17) is 10.5 Å². The van der Waals surface area contributed by atoms with Gasteiger partial charge in [0.25, 0.3) is 10.9 Å². The first kappa shape index (κ1) is 17.2. The molecule has 0 aliphatic carbocycles. The minimum atomic E-state index is -0.597. The van der Waals surface area contributed by atoms with Gasteiger partial charge in [-0.1, -0.05) is 24.3 Å². The fraction of sp³-hybridized carbons (Fsp3) is 0.368. The summed E-state index contributed by atoms with van der Waals surface area (Å²) in [7, 11) is 0. The van der Waals surface area contributed by atoms with Crippen molar-refractivity contribution in [3.05, 3.63) is 62.4 Å². The summed E-state index contributed by atoms with van der Waals surface area (Å²) in [6.07, 6.45) is 6.25. The highest BCUT2D eigenvalue weighted by Gasteiger charge is 2.16. The number of rotatable bonds is 8. The van der Waals surface area contributed by atoms with Crippen molar-refractivity contribution in [1.29, 1.82) is 0 Å². The first-order valence-electron chi connectivity index (χ1n) is 8.57. The normalized spacial score (nSPS) is 14.7. The summed E-state index contributed by atoms with van der Waals surface area (Å²) in [6, 6.07) is 8.14. The molecule has 3 rings (SSSR count). The van der Waals surface area contributed by atoms with Crippen molar-refractivity contribution in [1.82, 2.24) is 4.90 Å². The van der Waals surface area contributed by atoms with Crippen LogP contribution in [0.5, 0.6) is 5.75 Å². The summed E-state index contributed by atoms with van der Waals surface area (Å²) < 4.78 is 5.77. The Morgan fingerprint density at radius 1 is 1.20 bits per heavy atom. The van der Waals surface area contributed by atoms with E-state index in [-0.39, 0.29) is 11.4 Å². The SMILES string of the molecule is Nc1c(NCCCOc2cccc(CN3CC=CCC3)c2)c(=O)c1=O. The van der Waals surface area contributed by atoms with Crippen molar-refractivity contribution < 1.29 is 4.74 Å². The molecule has 0 radical (unpaired) electrons. The topological polar surface area (TPSA) is 84.7 Å². The predicted molar refractivity (Wildman–Crippen MR) is 99.8 cm³/mol. The summed E-state index contributed by atoms with van der Waals surface area (Å²) in [5, 5.41) is 2.89. The molecule has 2 aromatic rings. The molecule has 0 fully saturated rings. The molecule has 0 unspecified atom stereocenters. The number of hydrogen-bond acceptors (Lipinski definition) is 6. The summed E-state index contributed by atoms with van der Waals surface area (Å²) in [5.74, 6) is 0.846. The number of benzene rings is 1. The molecule has 0 aromatic heterocycles. The molecule has 0 saturated carbocycles. The fourth-order valence-corrected chi connectivity index (χ4v) is 2.89. The molecule has 132 valence electrons. The molecule has 25 heavy (non-hydrogen) atoms. The Bertz CT molecular complexity index is 822. The highest BCUT2D eigenvalue weighted by molar-refractivity contribution is 5.71. The molecule has 0 saturated heterocycles. The van der Waals surface area contributed by atoms with Crippen molar-refractivity contribution >= 4 is 11.4 Å². The van der Waals surface area contributed by atoms with Crippen LogP contribution in [0.3, 0.4) is 0 Å². The molecular formula is C19H23N3O3. The van der Waals surface area contributed by atoms with Gasteiger partial charge in [-0.3, -0.25) is 14.5 Å². The largest absolute Gasteiger partial charge is 0.494 e. The number of nitrogens with two attached hydrogens (primary N) is 1. The maximum Gasteiger partial charge on any atom is 0.253 e. The van der Waals surface area contributed by atoms with E-state index >= 15 is 0 Å². The van der Waals surface area contributed by atoms with Crippen molar-refractivity contribution in [2.45, 2.75) is 19.4 Å². The van der Waals surface area contributed by atoms with Crippen molar-refractivity contribution in [2.75, 3.05) is 37.3 Å². The fourth-order valence-electron chi connectivity index (χ4n) is 2.89. The monoisotopic (exact) mass is 341 g/mol. The van der Waals surface area contributed by atoms with Gasteiger partial charge in [0.1, 0.15) is 17.1 Å². The Kier molecular flexibility index (Phi) is 5.50. The highest BCUT2D eigenvalue weighted by atomic mass is 16.5.